The largest absolute Gasteiger partial charge is 0.497 e. The number of carbonyl (C=O) groups is 1. The molecule has 1 unspecified atom stereocenters. The molecule has 0 saturated carbocycles. The Morgan fingerprint density at radius 2 is 1.70 bits per heavy atom. The van der Waals surface area contributed by atoms with Crippen LogP contribution >= 0.6 is 0 Å². The number of hydrogen-bond donors (Lipinski definition) is 2. The molecule has 4 aromatic rings. The first-order valence-electron chi connectivity index (χ1n) is 10.8. The highest BCUT2D eigenvalue weighted by Crippen LogP contribution is 2.32. The molecule has 1 aromatic heterocycles. The third kappa shape index (κ3) is 5.67. The van der Waals surface area contributed by atoms with Gasteiger partial charge < -0.3 is 19.6 Å². The van der Waals surface area contributed by atoms with E-state index in [0.29, 0.717) is 29.4 Å². The van der Waals surface area contributed by atoms with Crippen molar-refractivity contribution in [3.63, 3.8) is 0 Å². The molecule has 2 N–H and O–H groups in total. The number of aliphatic hydroxyl groups is 1. The second-order valence-corrected chi connectivity index (χ2v) is 7.61. The van der Waals surface area contributed by atoms with E-state index in [4.69, 9.17) is 9.15 Å². The summed E-state index contributed by atoms with van der Waals surface area (Å²) in [7, 11) is 1.57. The van der Waals surface area contributed by atoms with Crippen molar-refractivity contribution in [3.8, 4) is 28.3 Å². The van der Waals surface area contributed by atoms with Gasteiger partial charge in [0, 0.05) is 30.5 Å². The maximum atomic E-state index is 12.4. The van der Waals surface area contributed by atoms with Crippen LogP contribution in [-0.4, -0.2) is 29.7 Å². The zero-order valence-electron chi connectivity index (χ0n) is 18.4. The summed E-state index contributed by atoms with van der Waals surface area (Å²) in [6.45, 7) is 0.113. The summed E-state index contributed by atoms with van der Waals surface area (Å²) in [4.78, 5) is 17.1. The van der Waals surface area contributed by atoms with E-state index in [1.807, 2.05) is 60.7 Å². The molecule has 1 heterocycles. The lowest BCUT2D eigenvalue weighted by Crippen LogP contribution is -2.28. The lowest BCUT2D eigenvalue weighted by atomic mass is 10.1. The van der Waals surface area contributed by atoms with Crippen molar-refractivity contribution in [3.05, 3.63) is 96.4 Å². The molecule has 6 heteroatoms. The number of oxazole rings is 1. The van der Waals surface area contributed by atoms with Crippen LogP contribution in [0.2, 0.25) is 0 Å². The van der Waals surface area contributed by atoms with E-state index in [9.17, 15) is 9.90 Å². The van der Waals surface area contributed by atoms with Crippen molar-refractivity contribution in [1.29, 1.82) is 0 Å². The molecule has 0 bridgehead atoms. The summed E-state index contributed by atoms with van der Waals surface area (Å²) in [6, 6.07) is 26.8. The summed E-state index contributed by atoms with van der Waals surface area (Å²) in [5.74, 6) is 1.66. The van der Waals surface area contributed by atoms with Gasteiger partial charge in [0.05, 0.1) is 13.2 Å². The van der Waals surface area contributed by atoms with E-state index in [1.165, 1.54) is 0 Å². The van der Waals surface area contributed by atoms with Crippen LogP contribution in [0.1, 0.15) is 24.0 Å². The molecule has 168 valence electrons. The Balaban J connectivity index is 1.41. The summed E-state index contributed by atoms with van der Waals surface area (Å²) in [5.41, 5.74) is 3.33. The van der Waals surface area contributed by atoms with Gasteiger partial charge in [-0.2, -0.15) is 0 Å². The first-order chi connectivity index (χ1) is 16.1. The number of aliphatic hydroxyl groups excluding tert-OH is 1. The Hall–Kier alpha value is -3.90. The number of methoxy groups -OCH3 is 1. The second kappa shape index (κ2) is 10.6. The predicted octanol–water partition coefficient (Wildman–Crippen LogP) is 4.80. The minimum absolute atomic E-state index is 0.113. The molecule has 0 saturated heterocycles. The molecule has 1 atom stereocenters. The molecule has 0 aliphatic heterocycles. The van der Waals surface area contributed by atoms with Gasteiger partial charge in [-0.05, 0) is 17.7 Å². The average molecular weight is 443 g/mol. The number of benzene rings is 3. The maximum Gasteiger partial charge on any atom is 0.220 e. The molecule has 6 nitrogen and oxygen atoms in total. The van der Waals surface area contributed by atoms with Crippen LogP contribution in [0.4, 0.5) is 0 Å². The first-order valence-corrected chi connectivity index (χ1v) is 10.8. The highest BCUT2D eigenvalue weighted by atomic mass is 16.5. The Morgan fingerprint density at radius 1 is 1.00 bits per heavy atom. The number of aryl methyl sites for hydroxylation is 1. The average Bonchev–Trinajstić information content (AvgIpc) is 3.31. The minimum Gasteiger partial charge on any atom is -0.497 e. The van der Waals surface area contributed by atoms with Crippen molar-refractivity contribution >= 4 is 5.91 Å². The lowest BCUT2D eigenvalue weighted by Gasteiger charge is -2.13. The first kappa shape index (κ1) is 22.3. The van der Waals surface area contributed by atoms with Crippen LogP contribution in [0.3, 0.4) is 0 Å². The van der Waals surface area contributed by atoms with Crippen molar-refractivity contribution in [2.45, 2.75) is 18.9 Å². The molecular formula is C27H26N2O4. The van der Waals surface area contributed by atoms with Crippen LogP contribution in [0.25, 0.3) is 22.6 Å². The van der Waals surface area contributed by atoms with Gasteiger partial charge in [-0.15, -0.1) is 0 Å². The number of hydrogen-bond acceptors (Lipinski definition) is 5. The predicted molar refractivity (Wildman–Crippen MR) is 127 cm³/mol. The number of carbonyl (C=O) groups excluding carboxylic acids is 1. The zero-order chi connectivity index (χ0) is 23.0. The summed E-state index contributed by atoms with van der Waals surface area (Å²) >= 11 is 0. The van der Waals surface area contributed by atoms with E-state index in [-0.39, 0.29) is 18.9 Å². The van der Waals surface area contributed by atoms with Gasteiger partial charge in [0.2, 0.25) is 5.91 Å². The highest BCUT2D eigenvalue weighted by molar-refractivity contribution is 5.78. The van der Waals surface area contributed by atoms with Crippen molar-refractivity contribution in [1.82, 2.24) is 10.3 Å². The van der Waals surface area contributed by atoms with Gasteiger partial charge in [0.15, 0.2) is 11.7 Å². The van der Waals surface area contributed by atoms with Crippen LogP contribution < -0.4 is 10.1 Å². The van der Waals surface area contributed by atoms with Crippen LogP contribution in [0.15, 0.2) is 89.3 Å². The van der Waals surface area contributed by atoms with Gasteiger partial charge in [0.1, 0.15) is 11.4 Å². The van der Waals surface area contributed by atoms with Gasteiger partial charge in [-0.1, -0.05) is 72.8 Å². The molecule has 0 aliphatic carbocycles. The van der Waals surface area contributed by atoms with Crippen molar-refractivity contribution < 1.29 is 19.1 Å². The molecule has 0 spiro atoms. The highest BCUT2D eigenvalue weighted by Gasteiger charge is 2.18. The van der Waals surface area contributed by atoms with Crippen molar-refractivity contribution in [2.24, 2.45) is 0 Å². The molecule has 1 amide bonds. The van der Waals surface area contributed by atoms with E-state index >= 15 is 0 Å². The van der Waals surface area contributed by atoms with Crippen molar-refractivity contribution in [2.75, 3.05) is 13.7 Å². The normalized spacial score (nSPS) is 11.7. The third-order valence-corrected chi connectivity index (χ3v) is 5.29. The number of aromatic nitrogens is 1. The lowest BCUT2D eigenvalue weighted by molar-refractivity contribution is -0.121. The monoisotopic (exact) mass is 442 g/mol. The zero-order valence-corrected chi connectivity index (χ0v) is 18.4. The fraction of sp³-hybridized carbons (Fsp3) is 0.185. The fourth-order valence-electron chi connectivity index (χ4n) is 3.53. The third-order valence-electron chi connectivity index (χ3n) is 5.29. The quantitative estimate of drug-likeness (QED) is 0.389. The minimum atomic E-state index is -0.819. The number of amides is 1. The smallest absolute Gasteiger partial charge is 0.220 e. The standard InChI is InChI=1S/C27H26N2O4/c1-32-22-14-8-13-21(17-22)23(30)18-28-24(31)15-16-25-29-26(19-9-4-2-5-10-19)27(33-25)20-11-6-3-7-12-20/h2-14,17,23,30H,15-16,18H2,1H3,(H,28,31). The summed E-state index contributed by atoms with van der Waals surface area (Å²) in [6.07, 6.45) is -0.262. The SMILES string of the molecule is COc1cccc(C(O)CNC(=O)CCc2nc(-c3ccccc3)c(-c3ccccc3)o2)c1. The molecule has 3 aromatic carbocycles. The molecule has 0 radical (unpaired) electrons. The molecule has 0 fully saturated rings. The molecule has 0 aliphatic rings. The van der Waals surface area contributed by atoms with E-state index in [2.05, 4.69) is 10.3 Å². The van der Waals surface area contributed by atoms with Gasteiger partial charge in [-0.25, -0.2) is 4.98 Å². The molecule has 33 heavy (non-hydrogen) atoms. The van der Waals surface area contributed by atoms with E-state index < -0.39 is 6.10 Å². The van der Waals surface area contributed by atoms with Crippen LogP contribution in [0.5, 0.6) is 5.75 Å². The Labute approximate surface area is 192 Å². The number of rotatable bonds is 9. The van der Waals surface area contributed by atoms with Gasteiger partial charge >= 0.3 is 0 Å². The summed E-state index contributed by atoms with van der Waals surface area (Å²) in [5, 5.41) is 13.1. The van der Waals surface area contributed by atoms with Gasteiger partial charge in [-0.3, -0.25) is 4.79 Å². The Bertz CT molecular complexity index is 1130. The summed E-state index contributed by atoms with van der Waals surface area (Å²) < 4.78 is 11.2. The second-order valence-electron chi connectivity index (χ2n) is 7.61. The molecular weight excluding hydrogens is 416 g/mol. The number of ether oxygens (including phenoxy) is 1. The van der Waals surface area contributed by atoms with Crippen LogP contribution in [0, 0.1) is 0 Å². The van der Waals surface area contributed by atoms with Crippen LogP contribution in [-0.2, 0) is 11.2 Å². The van der Waals surface area contributed by atoms with E-state index in [1.54, 1.807) is 31.4 Å². The topological polar surface area (TPSA) is 84.6 Å². The Morgan fingerprint density at radius 3 is 2.39 bits per heavy atom. The number of nitrogens with one attached hydrogen (secondary N) is 1. The van der Waals surface area contributed by atoms with Gasteiger partial charge in [0.25, 0.3) is 0 Å². The maximum absolute atomic E-state index is 12.4. The molecule has 4 rings (SSSR count). The number of nitrogens with zero attached hydrogens (tertiary/aromatic N) is 1. The fourth-order valence-corrected chi connectivity index (χ4v) is 3.53. The Kier molecular flexibility index (Phi) is 7.17. The van der Waals surface area contributed by atoms with E-state index in [0.717, 1.165) is 16.8 Å².